The standard InChI is InChI=1S/2C19H20F3NO2/c2*1-14(12-15-6-5-9-17(13-15)19(20,21)22)23-10-11-25-18(24)16-7-3-2-4-8-16/h2*2-9,13-14,23H,10-12H2,1H3. The second-order valence-corrected chi connectivity index (χ2v) is 11.5. The Kier molecular flexibility index (Phi) is 15.5. The lowest BCUT2D eigenvalue weighted by Crippen LogP contribution is -2.31. The summed E-state index contributed by atoms with van der Waals surface area (Å²) in [6, 6.07) is 27.9. The molecule has 2 unspecified atom stereocenters. The average Bonchev–Trinajstić information content (AvgIpc) is 3.09. The molecule has 0 aliphatic heterocycles. The van der Waals surface area contributed by atoms with Gasteiger partial charge in [0.15, 0.2) is 0 Å². The minimum Gasteiger partial charge on any atom is -0.461 e. The molecular formula is C38H40F6N2O4. The Balaban J connectivity index is 0.000000270. The monoisotopic (exact) mass is 702 g/mol. The molecule has 0 heterocycles. The zero-order valence-electron chi connectivity index (χ0n) is 27.7. The molecule has 0 radical (unpaired) electrons. The van der Waals surface area contributed by atoms with E-state index in [1.54, 1.807) is 60.7 Å². The lowest BCUT2D eigenvalue weighted by atomic mass is 10.0. The van der Waals surface area contributed by atoms with Crippen LogP contribution in [-0.4, -0.2) is 50.3 Å². The number of carbonyl (C=O) groups is 2. The number of rotatable bonds is 14. The topological polar surface area (TPSA) is 76.7 Å². The van der Waals surface area contributed by atoms with Gasteiger partial charge in [0.05, 0.1) is 22.3 Å². The zero-order valence-corrected chi connectivity index (χ0v) is 27.7. The van der Waals surface area contributed by atoms with Gasteiger partial charge in [-0.3, -0.25) is 0 Å². The first-order chi connectivity index (χ1) is 23.7. The van der Waals surface area contributed by atoms with E-state index >= 15 is 0 Å². The van der Waals surface area contributed by atoms with Crippen molar-refractivity contribution in [3.05, 3.63) is 143 Å². The van der Waals surface area contributed by atoms with Crippen molar-refractivity contribution >= 4 is 11.9 Å². The van der Waals surface area contributed by atoms with Gasteiger partial charge in [-0.25, -0.2) is 9.59 Å². The first-order valence-electron chi connectivity index (χ1n) is 16.0. The highest BCUT2D eigenvalue weighted by molar-refractivity contribution is 5.89. The van der Waals surface area contributed by atoms with Crippen LogP contribution in [0, 0.1) is 0 Å². The number of benzene rings is 4. The van der Waals surface area contributed by atoms with Crippen molar-refractivity contribution in [2.45, 2.75) is 51.1 Å². The molecule has 0 bridgehead atoms. The van der Waals surface area contributed by atoms with Crippen LogP contribution in [0.3, 0.4) is 0 Å². The van der Waals surface area contributed by atoms with Crippen molar-refractivity contribution in [3.8, 4) is 0 Å². The third kappa shape index (κ3) is 14.4. The van der Waals surface area contributed by atoms with Gasteiger partial charge in [-0.15, -0.1) is 0 Å². The quantitative estimate of drug-likeness (QED) is 0.0785. The minimum atomic E-state index is -4.34. The van der Waals surface area contributed by atoms with Crippen molar-refractivity contribution < 1.29 is 45.4 Å². The number of carbonyl (C=O) groups excluding carboxylic acids is 2. The van der Waals surface area contributed by atoms with Crippen LogP contribution in [0.15, 0.2) is 109 Å². The predicted molar refractivity (Wildman–Crippen MR) is 179 cm³/mol. The molecule has 0 aliphatic carbocycles. The summed E-state index contributed by atoms with van der Waals surface area (Å²) in [5.74, 6) is -0.791. The average molecular weight is 703 g/mol. The van der Waals surface area contributed by atoms with Gasteiger partial charge in [0.1, 0.15) is 13.2 Å². The lowest BCUT2D eigenvalue weighted by Gasteiger charge is -2.15. The Morgan fingerprint density at radius 1 is 0.560 bits per heavy atom. The number of esters is 2. The second kappa shape index (κ2) is 19.5. The van der Waals surface area contributed by atoms with E-state index < -0.39 is 35.4 Å². The summed E-state index contributed by atoms with van der Waals surface area (Å²) in [6.07, 6.45) is -7.76. The largest absolute Gasteiger partial charge is 0.461 e. The molecule has 0 fully saturated rings. The predicted octanol–water partition coefficient (Wildman–Crippen LogP) is 8.17. The molecule has 4 aromatic carbocycles. The highest BCUT2D eigenvalue weighted by Gasteiger charge is 2.31. The maximum Gasteiger partial charge on any atom is 0.416 e. The smallest absolute Gasteiger partial charge is 0.416 e. The Morgan fingerprint density at radius 2 is 0.920 bits per heavy atom. The van der Waals surface area contributed by atoms with Gasteiger partial charge < -0.3 is 20.1 Å². The van der Waals surface area contributed by atoms with E-state index in [-0.39, 0.29) is 25.3 Å². The summed E-state index contributed by atoms with van der Waals surface area (Å²) in [5.41, 5.74) is 0.897. The fraction of sp³-hybridized carbons (Fsp3) is 0.316. The summed E-state index contributed by atoms with van der Waals surface area (Å²) in [7, 11) is 0. The highest BCUT2D eigenvalue weighted by Crippen LogP contribution is 2.30. The van der Waals surface area contributed by atoms with Crippen molar-refractivity contribution in [3.63, 3.8) is 0 Å². The molecule has 0 aliphatic rings. The van der Waals surface area contributed by atoms with Crippen LogP contribution in [0.4, 0.5) is 26.3 Å². The van der Waals surface area contributed by atoms with Gasteiger partial charge in [-0.2, -0.15) is 26.3 Å². The molecule has 6 nitrogen and oxygen atoms in total. The van der Waals surface area contributed by atoms with Crippen molar-refractivity contribution in [2.24, 2.45) is 0 Å². The Bertz CT molecular complexity index is 1490. The molecule has 0 saturated heterocycles. The van der Waals surface area contributed by atoms with Gasteiger partial charge in [0, 0.05) is 25.2 Å². The summed E-state index contributed by atoms with van der Waals surface area (Å²) in [4.78, 5) is 23.5. The van der Waals surface area contributed by atoms with E-state index in [1.165, 1.54) is 12.1 Å². The fourth-order valence-corrected chi connectivity index (χ4v) is 4.81. The van der Waals surface area contributed by atoms with E-state index in [0.717, 1.165) is 24.3 Å². The molecule has 0 aromatic heterocycles. The van der Waals surface area contributed by atoms with Crippen LogP contribution in [0.25, 0.3) is 0 Å². The maximum atomic E-state index is 12.7. The third-order valence-corrected chi connectivity index (χ3v) is 7.27. The molecule has 268 valence electrons. The van der Waals surface area contributed by atoms with E-state index in [1.807, 2.05) is 26.0 Å². The van der Waals surface area contributed by atoms with E-state index in [0.29, 0.717) is 48.2 Å². The summed E-state index contributed by atoms with van der Waals surface area (Å²) >= 11 is 0. The Hall–Kier alpha value is -4.68. The molecule has 2 N–H and O–H groups in total. The fourth-order valence-electron chi connectivity index (χ4n) is 4.81. The number of ether oxygens (including phenoxy) is 2. The first kappa shape index (κ1) is 39.8. The second-order valence-electron chi connectivity index (χ2n) is 11.5. The molecule has 0 spiro atoms. The maximum absolute atomic E-state index is 12.7. The number of hydrogen-bond donors (Lipinski definition) is 2. The van der Waals surface area contributed by atoms with Gasteiger partial charge in [0.2, 0.25) is 0 Å². The Labute approximate surface area is 287 Å². The molecule has 12 heteroatoms. The molecule has 0 saturated carbocycles. The van der Waals surface area contributed by atoms with Crippen LogP contribution in [0.1, 0.15) is 56.8 Å². The van der Waals surface area contributed by atoms with Crippen LogP contribution < -0.4 is 10.6 Å². The normalized spacial score (nSPS) is 12.6. The Morgan fingerprint density at radius 3 is 1.26 bits per heavy atom. The van der Waals surface area contributed by atoms with Crippen LogP contribution >= 0.6 is 0 Å². The molecule has 2 atom stereocenters. The molecule has 4 aromatic rings. The summed E-state index contributed by atoms with van der Waals surface area (Å²) in [5, 5.41) is 6.28. The van der Waals surface area contributed by atoms with Gasteiger partial charge in [0.25, 0.3) is 0 Å². The van der Waals surface area contributed by atoms with Crippen molar-refractivity contribution in [1.29, 1.82) is 0 Å². The zero-order chi connectivity index (χ0) is 36.6. The van der Waals surface area contributed by atoms with Gasteiger partial charge in [-0.1, -0.05) is 72.8 Å². The number of alkyl halides is 6. The van der Waals surface area contributed by atoms with Crippen molar-refractivity contribution in [2.75, 3.05) is 26.3 Å². The lowest BCUT2D eigenvalue weighted by molar-refractivity contribution is -0.138. The van der Waals surface area contributed by atoms with Crippen LogP contribution in [-0.2, 0) is 34.7 Å². The highest BCUT2D eigenvalue weighted by atomic mass is 19.4. The van der Waals surface area contributed by atoms with Crippen LogP contribution in [0.2, 0.25) is 0 Å². The van der Waals surface area contributed by atoms with E-state index in [2.05, 4.69) is 10.6 Å². The third-order valence-electron chi connectivity index (χ3n) is 7.27. The van der Waals surface area contributed by atoms with E-state index in [4.69, 9.17) is 9.47 Å². The summed E-state index contributed by atoms with van der Waals surface area (Å²) in [6.45, 7) is 5.00. The number of hydrogen-bond acceptors (Lipinski definition) is 6. The summed E-state index contributed by atoms with van der Waals surface area (Å²) < 4.78 is 86.5. The molecular weight excluding hydrogens is 662 g/mol. The minimum absolute atomic E-state index is 0.0427. The number of halogens is 6. The first-order valence-corrected chi connectivity index (χ1v) is 16.0. The van der Waals surface area contributed by atoms with Crippen molar-refractivity contribution in [1.82, 2.24) is 10.6 Å². The molecule has 4 rings (SSSR count). The van der Waals surface area contributed by atoms with E-state index in [9.17, 15) is 35.9 Å². The molecule has 50 heavy (non-hydrogen) atoms. The van der Waals surface area contributed by atoms with Gasteiger partial charge in [-0.05, 0) is 74.2 Å². The number of nitrogens with one attached hydrogen (secondary N) is 2. The van der Waals surface area contributed by atoms with Crippen LogP contribution in [0.5, 0.6) is 0 Å². The van der Waals surface area contributed by atoms with Gasteiger partial charge >= 0.3 is 24.3 Å². The molecule has 0 amide bonds. The SMILES string of the molecule is CC(Cc1cccc(C(F)(F)F)c1)NCCOC(=O)c1ccccc1.CC(Cc1cccc(C(F)(F)F)c1)NCCOC(=O)c1ccccc1.